The number of halogens is 1. The standard InChI is InChI=1S/C16H15ClN2O3/c1-10(14-8-5-12(17)9-15(14)20)18-19-16(21)11-3-6-13(22-2)7-4-11/h3-9,20H,1-2H3,(H,19,21)/b18-10+. The Balaban J connectivity index is 2.10. The molecule has 0 saturated carbocycles. The van der Waals surface area contributed by atoms with E-state index in [4.69, 9.17) is 16.3 Å². The van der Waals surface area contributed by atoms with Crippen LogP contribution in [0.4, 0.5) is 0 Å². The number of phenols is 1. The summed E-state index contributed by atoms with van der Waals surface area (Å²) in [7, 11) is 1.56. The summed E-state index contributed by atoms with van der Waals surface area (Å²) < 4.78 is 5.03. The van der Waals surface area contributed by atoms with Crippen LogP contribution in [0.1, 0.15) is 22.8 Å². The van der Waals surface area contributed by atoms with Crippen LogP contribution in [0, 0.1) is 0 Å². The number of carbonyl (C=O) groups excluding carboxylic acids is 1. The molecule has 0 aliphatic rings. The predicted octanol–water partition coefficient (Wildman–Crippen LogP) is 3.21. The van der Waals surface area contributed by atoms with Gasteiger partial charge in [-0.3, -0.25) is 4.79 Å². The number of nitrogens with zero attached hydrogens (tertiary/aromatic N) is 1. The molecule has 114 valence electrons. The van der Waals surface area contributed by atoms with Crippen LogP contribution >= 0.6 is 11.6 Å². The summed E-state index contributed by atoms with van der Waals surface area (Å²) in [6, 6.07) is 11.3. The highest BCUT2D eigenvalue weighted by atomic mass is 35.5. The van der Waals surface area contributed by atoms with Crippen LogP contribution in [0.15, 0.2) is 47.6 Å². The zero-order chi connectivity index (χ0) is 16.1. The number of carbonyl (C=O) groups is 1. The first kappa shape index (κ1) is 15.9. The van der Waals surface area contributed by atoms with Crippen LogP contribution in [0.2, 0.25) is 5.02 Å². The lowest BCUT2D eigenvalue weighted by Gasteiger charge is -2.06. The summed E-state index contributed by atoms with van der Waals surface area (Å²) >= 11 is 5.77. The van der Waals surface area contributed by atoms with Crippen LogP contribution in [0.5, 0.6) is 11.5 Å². The molecule has 2 N–H and O–H groups in total. The number of hydrogen-bond acceptors (Lipinski definition) is 4. The van der Waals surface area contributed by atoms with Gasteiger partial charge in [-0.1, -0.05) is 11.6 Å². The highest BCUT2D eigenvalue weighted by molar-refractivity contribution is 6.30. The van der Waals surface area contributed by atoms with Gasteiger partial charge in [-0.2, -0.15) is 5.10 Å². The largest absolute Gasteiger partial charge is 0.507 e. The number of ether oxygens (including phenoxy) is 1. The molecule has 0 fully saturated rings. The van der Waals surface area contributed by atoms with E-state index in [1.807, 2.05) is 0 Å². The van der Waals surface area contributed by atoms with Crippen molar-refractivity contribution in [1.29, 1.82) is 0 Å². The maximum absolute atomic E-state index is 12.0. The average molecular weight is 319 g/mol. The van der Waals surface area contributed by atoms with Crippen molar-refractivity contribution in [3.63, 3.8) is 0 Å². The Morgan fingerprint density at radius 2 is 1.91 bits per heavy atom. The van der Waals surface area contributed by atoms with E-state index in [2.05, 4.69) is 10.5 Å². The van der Waals surface area contributed by atoms with Gasteiger partial charge < -0.3 is 9.84 Å². The van der Waals surface area contributed by atoms with Crippen molar-refractivity contribution in [3.8, 4) is 11.5 Å². The molecule has 0 radical (unpaired) electrons. The summed E-state index contributed by atoms with van der Waals surface area (Å²) in [4.78, 5) is 12.0. The van der Waals surface area contributed by atoms with Crippen molar-refractivity contribution < 1.29 is 14.6 Å². The van der Waals surface area contributed by atoms with E-state index in [1.165, 1.54) is 6.07 Å². The van der Waals surface area contributed by atoms with Gasteiger partial charge in [0, 0.05) is 16.1 Å². The molecule has 2 aromatic rings. The van der Waals surface area contributed by atoms with Crippen molar-refractivity contribution in [2.75, 3.05) is 7.11 Å². The van der Waals surface area contributed by atoms with Crippen LogP contribution in [-0.4, -0.2) is 23.8 Å². The topological polar surface area (TPSA) is 70.9 Å². The SMILES string of the molecule is COc1ccc(C(=O)N/N=C(\C)c2ccc(Cl)cc2O)cc1. The van der Waals surface area contributed by atoms with Gasteiger partial charge >= 0.3 is 0 Å². The van der Waals surface area contributed by atoms with Crippen LogP contribution in [-0.2, 0) is 0 Å². The normalized spacial score (nSPS) is 11.1. The maximum Gasteiger partial charge on any atom is 0.271 e. The van der Waals surface area contributed by atoms with Gasteiger partial charge in [0.1, 0.15) is 11.5 Å². The van der Waals surface area contributed by atoms with Crippen molar-refractivity contribution in [2.24, 2.45) is 5.10 Å². The Morgan fingerprint density at radius 3 is 2.50 bits per heavy atom. The smallest absolute Gasteiger partial charge is 0.271 e. The molecule has 22 heavy (non-hydrogen) atoms. The molecule has 0 bridgehead atoms. The molecular weight excluding hydrogens is 304 g/mol. The number of benzene rings is 2. The number of methoxy groups -OCH3 is 1. The van der Waals surface area contributed by atoms with E-state index in [0.717, 1.165) is 0 Å². The van der Waals surface area contributed by atoms with Crippen LogP contribution < -0.4 is 10.2 Å². The lowest BCUT2D eigenvalue weighted by molar-refractivity contribution is 0.0955. The summed E-state index contributed by atoms with van der Waals surface area (Å²) in [6.07, 6.45) is 0. The Hall–Kier alpha value is -2.53. The Morgan fingerprint density at radius 1 is 1.23 bits per heavy atom. The monoisotopic (exact) mass is 318 g/mol. The fourth-order valence-corrected chi connectivity index (χ4v) is 1.98. The van der Waals surface area contributed by atoms with Gasteiger partial charge in [-0.15, -0.1) is 0 Å². The van der Waals surface area contributed by atoms with Crippen molar-refractivity contribution in [1.82, 2.24) is 5.43 Å². The minimum Gasteiger partial charge on any atom is -0.507 e. The molecule has 0 heterocycles. The van der Waals surface area contributed by atoms with Gasteiger partial charge in [0.2, 0.25) is 0 Å². The number of aromatic hydroxyl groups is 1. The molecule has 0 aliphatic heterocycles. The molecule has 1 amide bonds. The average Bonchev–Trinajstić information content (AvgIpc) is 2.52. The predicted molar refractivity (Wildman–Crippen MR) is 85.8 cm³/mol. The molecule has 0 saturated heterocycles. The molecule has 0 aliphatic carbocycles. The Labute approximate surface area is 133 Å². The zero-order valence-corrected chi connectivity index (χ0v) is 12.9. The van der Waals surface area contributed by atoms with E-state index >= 15 is 0 Å². The second-order valence-corrected chi connectivity index (χ2v) is 4.96. The molecule has 0 aromatic heterocycles. The molecule has 5 nitrogen and oxygen atoms in total. The highest BCUT2D eigenvalue weighted by Crippen LogP contribution is 2.22. The number of hydrogen-bond donors (Lipinski definition) is 2. The van der Waals surface area contributed by atoms with Gasteiger partial charge in [-0.05, 0) is 49.4 Å². The lowest BCUT2D eigenvalue weighted by atomic mass is 10.1. The number of amides is 1. The van der Waals surface area contributed by atoms with Crippen molar-refractivity contribution in [3.05, 3.63) is 58.6 Å². The minimum absolute atomic E-state index is 0.00689. The lowest BCUT2D eigenvalue weighted by Crippen LogP contribution is -2.19. The van der Waals surface area contributed by atoms with Crippen LogP contribution in [0.3, 0.4) is 0 Å². The highest BCUT2D eigenvalue weighted by Gasteiger charge is 2.08. The van der Waals surface area contributed by atoms with E-state index in [1.54, 1.807) is 50.4 Å². The first-order valence-electron chi connectivity index (χ1n) is 6.49. The second-order valence-electron chi connectivity index (χ2n) is 4.53. The quantitative estimate of drug-likeness (QED) is 0.671. The first-order chi connectivity index (χ1) is 10.5. The minimum atomic E-state index is -0.351. The molecular formula is C16H15ClN2O3. The van der Waals surface area contributed by atoms with Gasteiger partial charge in [0.25, 0.3) is 5.91 Å². The zero-order valence-electron chi connectivity index (χ0n) is 12.1. The number of rotatable bonds is 4. The van der Waals surface area contributed by atoms with E-state index in [9.17, 15) is 9.90 Å². The van der Waals surface area contributed by atoms with Crippen molar-refractivity contribution in [2.45, 2.75) is 6.92 Å². The van der Waals surface area contributed by atoms with Gasteiger partial charge in [0.15, 0.2) is 0 Å². The van der Waals surface area contributed by atoms with E-state index in [-0.39, 0.29) is 11.7 Å². The number of phenolic OH excluding ortho intramolecular Hbond substituents is 1. The van der Waals surface area contributed by atoms with E-state index in [0.29, 0.717) is 27.6 Å². The van der Waals surface area contributed by atoms with Crippen molar-refractivity contribution >= 4 is 23.2 Å². The summed E-state index contributed by atoms with van der Waals surface area (Å²) in [5, 5.41) is 14.2. The summed E-state index contributed by atoms with van der Waals surface area (Å²) in [5.41, 5.74) is 3.86. The van der Waals surface area contributed by atoms with E-state index < -0.39 is 0 Å². The number of hydrazone groups is 1. The molecule has 2 aromatic carbocycles. The second kappa shape index (κ2) is 6.95. The first-order valence-corrected chi connectivity index (χ1v) is 6.86. The fraction of sp³-hybridized carbons (Fsp3) is 0.125. The third kappa shape index (κ3) is 3.77. The number of nitrogens with one attached hydrogen (secondary N) is 1. The molecule has 2 rings (SSSR count). The third-order valence-corrected chi connectivity index (χ3v) is 3.26. The molecule has 0 unspecified atom stereocenters. The Bertz CT molecular complexity index is 712. The summed E-state index contributed by atoms with van der Waals surface area (Å²) in [5.74, 6) is 0.324. The summed E-state index contributed by atoms with van der Waals surface area (Å²) in [6.45, 7) is 1.68. The molecule has 0 spiro atoms. The van der Waals surface area contributed by atoms with Gasteiger partial charge in [-0.25, -0.2) is 5.43 Å². The molecule has 0 atom stereocenters. The van der Waals surface area contributed by atoms with Gasteiger partial charge in [0.05, 0.1) is 12.8 Å². The maximum atomic E-state index is 12.0. The van der Waals surface area contributed by atoms with Crippen LogP contribution in [0.25, 0.3) is 0 Å². The fourth-order valence-electron chi connectivity index (χ4n) is 1.81. The Kier molecular flexibility index (Phi) is 5.01. The molecule has 6 heteroatoms. The third-order valence-electron chi connectivity index (χ3n) is 3.03.